The number of hydrogen-bond donors (Lipinski definition) is 1. The summed E-state index contributed by atoms with van der Waals surface area (Å²) in [6.45, 7) is 1.52. The first-order valence-corrected chi connectivity index (χ1v) is 7.83. The summed E-state index contributed by atoms with van der Waals surface area (Å²) in [7, 11) is 0. The molecule has 4 nitrogen and oxygen atoms in total. The molecule has 0 unspecified atom stereocenters. The van der Waals surface area contributed by atoms with Gasteiger partial charge in [-0.15, -0.1) is 0 Å². The third-order valence-corrected chi connectivity index (χ3v) is 3.97. The summed E-state index contributed by atoms with van der Waals surface area (Å²) in [6.07, 6.45) is 5.40. The molecule has 0 fully saturated rings. The van der Waals surface area contributed by atoms with Gasteiger partial charge in [-0.2, -0.15) is 0 Å². The smallest absolute Gasteiger partial charge is 0.307 e. The first-order chi connectivity index (χ1) is 10.5. The van der Waals surface area contributed by atoms with Crippen LogP contribution in [0.5, 0.6) is 0 Å². The highest BCUT2D eigenvalue weighted by Crippen LogP contribution is 2.26. The average molecular weight is 342 g/mol. The van der Waals surface area contributed by atoms with E-state index < -0.39 is 12.0 Å². The number of allylic oxidation sites excluding steroid dienone is 2. The van der Waals surface area contributed by atoms with Gasteiger partial charge in [-0.05, 0) is 43.9 Å². The second-order valence-corrected chi connectivity index (χ2v) is 6.06. The van der Waals surface area contributed by atoms with Crippen LogP contribution in [0.15, 0.2) is 30.4 Å². The normalized spacial score (nSPS) is 18.0. The van der Waals surface area contributed by atoms with Crippen molar-refractivity contribution in [3.63, 3.8) is 0 Å². The Morgan fingerprint density at radius 2 is 2.18 bits per heavy atom. The standard InChI is InChI=1S/C16H17Cl2NO3/c1-10(22-15(20)8-11-4-2-3-5-11)16(21)19-14-9-12(17)6-7-13(14)18/h2,4,6-7,9-11H,3,5,8H2,1H3,(H,19,21)/t10-,11+/m0/s1. The Morgan fingerprint density at radius 3 is 2.86 bits per heavy atom. The van der Waals surface area contributed by atoms with E-state index in [9.17, 15) is 9.59 Å². The number of esters is 1. The average Bonchev–Trinajstić information content (AvgIpc) is 2.95. The van der Waals surface area contributed by atoms with E-state index in [1.54, 1.807) is 18.2 Å². The molecular weight excluding hydrogens is 325 g/mol. The maximum atomic E-state index is 12.0. The Bertz CT molecular complexity index is 601. The summed E-state index contributed by atoms with van der Waals surface area (Å²) in [6, 6.07) is 4.75. The van der Waals surface area contributed by atoms with E-state index in [-0.39, 0.29) is 11.9 Å². The van der Waals surface area contributed by atoms with Crippen LogP contribution in [0.2, 0.25) is 10.0 Å². The Labute approximate surface area is 139 Å². The summed E-state index contributed by atoms with van der Waals surface area (Å²) in [5.74, 6) is -0.610. The quantitative estimate of drug-likeness (QED) is 0.644. The predicted molar refractivity (Wildman–Crippen MR) is 87.1 cm³/mol. The van der Waals surface area contributed by atoms with Crippen molar-refractivity contribution in [1.29, 1.82) is 0 Å². The summed E-state index contributed by atoms with van der Waals surface area (Å²) in [5, 5.41) is 3.43. The van der Waals surface area contributed by atoms with E-state index in [0.29, 0.717) is 22.2 Å². The molecule has 22 heavy (non-hydrogen) atoms. The Morgan fingerprint density at radius 1 is 1.41 bits per heavy atom. The van der Waals surface area contributed by atoms with Crippen molar-refractivity contribution in [1.82, 2.24) is 0 Å². The number of amides is 1. The maximum absolute atomic E-state index is 12.0. The molecule has 0 heterocycles. The van der Waals surface area contributed by atoms with E-state index in [0.717, 1.165) is 12.8 Å². The van der Waals surface area contributed by atoms with Gasteiger partial charge in [0.15, 0.2) is 6.10 Å². The maximum Gasteiger partial charge on any atom is 0.307 e. The topological polar surface area (TPSA) is 55.4 Å². The zero-order valence-electron chi connectivity index (χ0n) is 12.1. The van der Waals surface area contributed by atoms with Crippen LogP contribution in [0.25, 0.3) is 0 Å². The first-order valence-electron chi connectivity index (χ1n) is 7.08. The number of benzene rings is 1. The van der Waals surface area contributed by atoms with Crippen LogP contribution in [0.3, 0.4) is 0 Å². The van der Waals surface area contributed by atoms with Gasteiger partial charge >= 0.3 is 5.97 Å². The van der Waals surface area contributed by atoms with E-state index >= 15 is 0 Å². The van der Waals surface area contributed by atoms with Crippen molar-refractivity contribution in [2.24, 2.45) is 5.92 Å². The zero-order chi connectivity index (χ0) is 16.1. The number of anilines is 1. The lowest BCUT2D eigenvalue weighted by atomic mass is 10.1. The highest BCUT2D eigenvalue weighted by atomic mass is 35.5. The molecule has 0 saturated carbocycles. The third-order valence-electron chi connectivity index (χ3n) is 3.40. The fraction of sp³-hybridized carbons (Fsp3) is 0.375. The second-order valence-electron chi connectivity index (χ2n) is 5.22. The lowest BCUT2D eigenvalue weighted by Crippen LogP contribution is -2.30. The first kappa shape index (κ1) is 16.8. The van der Waals surface area contributed by atoms with Crippen LogP contribution < -0.4 is 5.32 Å². The SMILES string of the molecule is C[C@H](OC(=O)C[C@@H]1C=CCC1)C(=O)Nc1cc(Cl)ccc1Cl. The van der Waals surface area contributed by atoms with Gasteiger partial charge in [-0.3, -0.25) is 9.59 Å². The van der Waals surface area contributed by atoms with Crippen molar-refractivity contribution in [2.45, 2.75) is 32.3 Å². The summed E-state index contributed by atoms with van der Waals surface area (Å²) in [4.78, 5) is 23.8. The van der Waals surface area contributed by atoms with E-state index in [2.05, 4.69) is 11.4 Å². The highest BCUT2D eigenvalue weighted by Gasteiger charge is 2.21. The predicted octanol–water partition coefficient (Wildman–Crippen LogP) is 4.22. The van der Waals surface area contributed by atoms with Crippen LogP contribution in [0.4, 0.5) is 5.69 Å². The number of carbonyl (C=O) groups is 2. The zero-order valence-corrected chi connectivity index (χ0v) is 13.7. The number of halogens is 2. The second kappa shape index (κ2) is 7.65. The molecule has 1 aliphatic rings. The lowest BCUT2D eigenvalue weighted by molar-refractivity contribution is -0.153. The molecule has 1 amide bonds. The van der Waals surface area contributed by atoms with Gasteiger partial charge in [-0.1, -0.05) is 35.4 Å². The number of nitrogens with one attached hydrogen (secondary N) is 1. The lowest BCUT2D eigenvalue weighted by Gasteiger charge is -2.15. The number of carbonyl (C=O) groups excluding carboxylic acids is 2. The van der Waals surface area contributed by atoms with Crippen LogP contribution in [0.1, 0.15) is 26.2 Å². The molecule has 0 radical (unpaired) electrons. The monoisotopic (exact) mass is 341 g/mol. The molecule has 1 aromatic rings. The molecule has 6 heteroatoms. The van der Waals surface area contributed by atoms with Crippen molar-refractivity contribution in [3.8, 4) is 0 Å². The molecule has 0 spiro atoms. The largest absolute Gasteiger partial charge is 0.453 e. The van der Waals surface area contributed by atoms with Crippen molar-refractivity contribution >= 4 is 40.8 Å². The minimum atomic E-state index is -0.895. The molecule has 2 rings (SSSR count). The van der Waals surface area contributed by atoms with Gasteiger partial charge in [0.25, 0.3) is 5.91 Å². The molecule has 1 N–H and O–H groups in total. The van der Waals surface area contributed by atoms with Gasteiger partial charge in [0.05, 0.1) is 17.1 Å². The summed E-state index contributed by atoms with van der Waals surface area (Å²) in [5.41, 5.74) is 0.390. The van der Waals surface area contributed by atoms with Crippen LogP contribution >= 0.6 is 23.2 Å². The van der Waals surface area contributed by atoms with Gasteiger partial charge in [0.2, 0.25) is 0 Å². The fourth-order valence-electron chi connectivity index (χ4n) is 2.21. The Hall–Kier alpha value is -1.52. The van der Waals surface area contributed by atoms with Crippen LogP contribution in [-0.4, -0.2) is 18.0 Å². The highest BCUT2D eigenvalue weighted by molar-refractivity contribution is 6.35. The minimum Gasteiger partial charge on any atom is -0.453 e. The molecule has 1 aromatic carbocycles. The van der Waals surface area contributed by atoms with Gasteiger partial charge in [0, 0.05) is 5.02 Å². The fourth-order valence-corrected chi connectivity index (χ4v) is 2.54. The van der Waals surface area contributed by atoms with E-state index in [1.807, 2.05) is 6.08 Å². The molecule has 2 atom stereocenters. The molecule has 0 bridgehead atoms. The molecule has 1 aliphatic carbocycles. The van der Waals surface area contributed by atoms with Gasteiger partial charge in [-0.25, -0.2) is 0 Å². The van der Waals surface area contributed by atoms with E-state index in [1.165, 1.54) is 6.92 Å². The molecule has 0 saturated heterocycles. The third kappa shape index (κ3) is 4.75. The molecule has 118 valence electrons. The van der Waals surface area contributed by atoms with Crippen molar-refractivity contribution < 1.29 is 14.3 Å². The van der Waals surface area contributed by atoms with Gasteiger partial charge < -0.3 is 10.1 Å². The summed E-state index contributed by atoms with van der Waals surface area (Å²) < 4.78 is 5.16. The summed E-state index contributed by atoms with van der Waals surface area (Å²) >= 11 is 11.8. The number of hydrogen-bond acceptors (Lipinski definition) is 3. The number of ether oxygens (including phenoxy) is 1. The Balaban J connectivity index is 1.87. The van der Waals surface area contributed by atoms with Crippen molar-refractivity contribution in [3.05, 3.63) is 40.4 Å². The molecule has 0 aliphatic heterocycles. The van der Waals surface area contributed by atoms with Gasteiger partial charge in [0.1, 0.15) is 0 Å². The minimum absolute atomic E-state index is 0.213. The van der Waals surface area contributed by atoms with Crippen LogP contribution in [0, 0.1) is 5.92 Å². The molecule has 0 aromatic heterocycles. The van der Waals surface area contributed by atoms with E-state index in [4.69, 9.17) is 27.9 Å². The molecular formula is C16H17Cl2NO3. The van der Waals surface area contributed by atoms with Crippen molar-refractivity contribution in [2.75, 3.05) is 5.32 Å². The van der Waals surface area contributed by atoms with Crippen LogP contribution in [-0.2, 0) is 14.3 Å². The Kier molecular flexibility index (Phi) is 5.86. The number of rotatable bonds is 5.